The minimum absolute atomic E-state index is 0.0748. The molecule has 0 saturated heterocycles. The first-order chi connectivity index (χ1) is 11.2. The largest absolute Gasteiger partial charge is 0.295 e. The summed E-state index contributed by atoms with van der Waals surface area (Å²) in [6.45, 7) is 2.66. The van der Waals surface area contributed by atoms with Gasteiger partial charge in [0.05, 0.1) is 9.82 Å². The van der Waals surface area contributed by atoms with Gasteiger partial charge in [-0.3, -0.25) is 15.0 Å². The summed E-state index contributed by atoms with van der Waals surface area (Å²) in [7, 11) is -1.24. The van der Waals surface area contributed by atoms with Gasteiger partial charge in [0.15, 0.2) is 9.84 Å². The molecule has 0 aliphatic rings. The molecule has 2 aromatic rings. The summed E-state index contributed by atoms with van der Waals surface area (Å²) in [5.41, 5.74) is 2.06. The monoisotopic (exact) mass is 348 g/mol. The maximum atomic E-state index is 11.5. The maximum Gasteiger partial charge on any atom is 0.269 e. The lowest BCUT2D eigenvalue weighted by atomic mass is 10.1. The lowest BCUT2D eigenvalue weighted by molar-refractivity contribution is -0.384. The van der Waals surface area contributed by atoms with Gasteiger partial charge in [0.2, 0.25) is 0 Å². The molecule has 2 aromatic carbocycles. The molecule has 0 unspecified atom stereocenters. The SMILES string of the molecule is C[C@H](c1ccc(S(C)(=O)=O)cc1)N(C)Cc1ccc([N+](=O)[O-])cc1. The molecular formula is C17H20N2O4S. The van der Waals surface area contributed by atoms with Gasteiger partial charge >= 0.3 is 0 Å². The highest BCUT2D eigenvalue weighted by Gasteiger charge is 2.14. The summed E-state index contributed by atoms with van der Waals surface area (Å²) in [5.74, 6) is 0. The zero-order valence-electron chi connectivity index (χ0n) is 13.8. The van der Waals surface area contributed by atoms with E-state index in [1.54, 1.807) is 24.3 Å². The van der Waals surface area contributed by atoms with Crippen molar-refractivity contribution in [2.75, 3.05) is 13.3 Å². The number of hydrogen-bond donors (Lipinski definition) is 0. The van der Waals surface area contributed by atoms with Crippen molar-refractivity contribution in [1.82, 2.24) is 4.90 Å². The molecule has 0 fully saturated rings. The quantitative estimate of drug-likeness (QED) is 0.591. The second-order valence-electron chi connectivity index (χ2n) is 5.86. The highest BCUT2D eigenvalue weighted by atomic mass is 32.2. The van der Waals surface area contributed by atoms with Gasteiger partial charge in [-0.1, -0.05) is 24.3 Å². The van der Waals surface area contributed by atoms with Crippen molar-refractivity contribution in [3.8, 4) is 0 Å². The average molecular weight is 348 g/mol. The second-order valence-corrected chi connectivity index (χ2v) is 7.87. The number of nitro benzene ring substituents is 1. The Hall–Kier alpha value is -2.25. The van der Waals surface area contributed by atoms with Gasteiger partial charge in [-0.15, -0.1) is 0 Å². The molecule has 2 rings (SSSR count). The Morgan fingerprint density at radius 2 is 1.62 bits per heavy atom. The van der Waals surface area contributed by atoms with Crippen LogP contribution in [0.3, 0.4) is 0 Å². The molecule has 6 nitrogen and oxygen atoms in total. The lowest BCUT2D eigenvalue weighted by Gasteiger charge is -2.25. The van der Waals surface area contributed by atoms with Crippen LogP contribution >= 0.6 is 0 Å². The summed E-state index contributed by atoms with van der Waals surface area (Å²) >= 11 is 0. The van der Waals surface area contributed by atoms with Gasteiger partial charge in [0.25, 0.3) is 5.69 Å². The van der Waals surface area contributed by atoms with E-state index in [2.05, 4.69) is 4.90 Å². The Morgan fingerprint density at radius 1 is 1.08 bits per heavy atom. The van der Waals surface area contributed by atoms with Crippen LogP contribution in [0.2, 0.25) is 0 Å². The van der Waals surface area contributed by atoms with E-state index in [1.807, 2.05) is 26.1 Å². The average Bonchev–Trinajstić information content (AvgIpc) is 2.54. The molecule has 1 atom stereocenters. The smallest absolute Gasteiger partial charge is 0.269 e. The molecule has 0 aromatic heterocycles. The van der Waals surface area contributed by atoms with E-state index in [4.69, 9.17) is 0 Å². The predicted octanol–water partition coefficient (Wildman–Crippen LogP) is 3.19. The molecule has 128 valence electrons. The van der Waals surface area contributed by atoms with Crippen molar-refractivity contribution < 1.29 is 13.3 Å². The van der Waals surface area contributed by atoms with E-state index in [-0.39, 0.29) is 11.7 Å². The standard InChI is InChI=1S/C17H20N2O4S/c1-13(15-6-10-17(11-7-15)24(3,22)23)18(2)12-14-4-8-16(9-5-14)19(20)21/h4-11,13H,12H2,1-3H3/t13-/m1/s1. The summed E-state index contributed by atoms with van der Waals surface area (Å²) < 4.78 is 23.0. The molecule has 0 heterocycles. The van der Waals surface area contributed by atoms with Crippen molar-refractivity contribution in [2.45, 2.75) is 24.4 Å². The van der Waals surface area contributed by atoms with Gasteiger partial charge in [-0.05, 0) is 37.2 Å². The lowest BCUT2D eigenvalue weighted by Crippen LogP contribution is -2.22. The second kappa shape index (κ2) is 7.11. The van der Waals surface area contributed by atoms with Gasteiger partial charge in [0.1, 0.15) is 0 Å². The third-order valence-corrected chi connectivity index (χ3v) is 5.16. The number of rotatable bonds is 6. The molecule has 7 heteroatoms. The first kappa shape index (κ1) is 18.1. The molecule has 0 N–H and O–H groups in total. The molecule has 24 heavy (non-hydrogen) atoms. The number of nitrogens with zero attached hydrogens (tertiary/aromatic N) is 2. The van der Waals surface area contributed by atoms with Crippen LogP contribution in [-0.2, 0) is 16.4 Å². The van der Waals surface area contributed by atoms with Crippen LogP contribution in [-0.4, -0.2) is 31.5 Å². The van der Waals surface area contributed by atoms with Crippen molar-refractivity contribution in [3.63, 3.8) is 0 Å². The fourth-order valence-corrected chi connectivity index (χ4v) is 3.03. The van der Waals surface area contributed by atoms with Gasteiger partial charge in [-0.25, -0.2) is 8.42 Å². The van der Waals surface area contributed by atoms with Crippen LogP contribution in [0.25, 0.3) is 0 Å². The summed E-state index contributed by atoms with van der Waals surface area (Å²) in [4.78, 5) is 12.7. The van der Waals surface area contributed by atoms with Crippen LogP contribution in [0.15, 0.2) is 53.4 Å². The molecule has 0 radical (unpaired) electrons. The molecule has 0 bridgehead atoms. The summed E-state index contributed by atoms with van der Waals surface area (Å²) in [6.07, 6.45) is 1.19. The van der Waals surface area contributed by atoms with E-state index in [9.17, 15) is 18.5 Å². The van der Waals surface area contributed by atoms with E-state index in [0.29, 0.717) is 11.4 Å². The maximum absolute atomic E-state index is 11.5. The third-order valence-electron chi connectivity index (χ3n) is 4.03. The van der Waals surface area contributed by atoms with E-state index >= 15 is 0 Å². The number of non-ortho nitro benzene ring substituents is 1. The van der Waals surface area contributed by atoms with Crippen molar-refractivity contribution in [2.24, 2.45) is 0 Å². The first-order valence-corrected chi connectivity index (χ1v) is 9.31. The summed E-state index contributed by atoms with van der Waals surface area (Å²) in [6, 6.07) is 13.4. The van der Waals surface area contributed by atoms with Crippen LogP contribution in [0, 0.1) is 10.1 Å². The van der Waals surface area contributed by atoms with E-state index in [1.165, 1.54) is 18.4 Å². The predicted molar refractivity (Wildman–Crippen MR) is 92.5 cm³/mol. The first-order valence-electron chi connectivity index (χ1n) is 7.42. The minimum atomic E-state index is -3.19. The van der Waals surface area contributed by atoms with Crippen LogP contribution < -0.4 is 0 Å². The molecule has 0 aliphatic carbocycles. The molecule has 0 aliphatic heterocycles. The Bertz CT molecular complexity index is 815. The number of benzene rings is 2. The van der Waals surface area contributed by atoms with Gasteiger partial charge in [0, 0.05) is 31.0 Å². The van der Waals surface area contributed by atoms with Crippen LogP contribution in [0.1, 0.15) is 24.1 Å². The van der Waals surface area contributed by atoms with E-state index < -0.39 is 14.8 Å². The summed E-state index contributed by atoms with van der Waals surface area (Å²) in [5, 5.41) is 10.7. The molecule has 0 saturated carbocycles. The topological polar surface area (TPSA) is 80.5 Å². The van der Waals surface area contributed by atoms with Crippen molar-refractivity contribution >= 4 is 15.5 Å². The van der Waals surface area contributed by atoms with Crippen molar-refractivity contribution in [3.05, 3.63) is 69.8 Å². The Kier molecular flexibility index (Phi) is 5.36. The van der Waals surface area contributed by atoms with Gasteiger partial charge in [-0.2, -0.15) is 0 Å². The molecule has 0 amide bonds. The fourth-order valence-electron chi connectivity index (χ4n) is 2.40. The minimum Gasteiger partial charge on any atom is -0.295 e. The third kappa shape index (κ3) is 4.39. The van der Waals surface area contributed by atoms with Crippen LogP contribution in [0.5, 0.6) is 0 Å². The number of sulfone groups is 1. The number of hydrogen-bond acceptors (Lipinski definition) is 5. The van der Waals surface area contributed by atoms with Gasteiger partial charge < -0.3 is 0 Å². The zero-order chi connectivity index (χ0) is 17.9. The highest BCUT2D eigenvalue weighted by Crippen LogP contribution is 2.23. The highest BCUT2D eigenvalue weighted by molar-refractivity contribution is 7.90. The fraction of sp³-hybridized carbons (Fsp3) is 0.294. The normalized spacial score (nSPS) is 13.0. The van der Waals surface area contributed by atoms with Crippen molar-refractivity contribution in [1.29, 1.82) is 0 Å². The number of nitro groups is 1. The molecule has 0 spiro atoms. The Labute approximate surface area is 141 Å². The Morgan fingerprint density at radius 3 is 2.08 bits per heavy atom. The van der Waals surface area contributed by atoms with Crippen LogP contribution in [0.4, 0.5) is 5.69 Å². The Balaban J connectivity index is 2.08. The van der Waals surface area contributed by atoms with E-state index in [0.717, 1.165) is 11.1 Å². The zero-order valence-corrected chi connectivity index (χ0v) is 14.7. The molecular weight excluding hydrogens is 328 g/mol.